The molecule has 0 atom stereocenters. The average Bonchev–Trinajstić information content (AvgIpc) is 3.24. The van der Waals surface area contributed by atoms with Crippen molar-refractivity contribution in [2.45, 2.75) is 33.3 Å². The van der Waals surface area contributed by atoms with E-state index in [0.29, 0.717) is 29.6 Å². The second-order valence-electron chi connectivity index (χ2n) is 8.59. The lowest BCUT2D eigenvalue weighted by Gasteiger charge is -2.15. The van der Waals surface area contributed by atoms with E-state index in [1.165, 1.54) is 17.7 Å². The second kappa shape index (κ2) is 11.5. The third kappa shape index (κ3) is 6.34. The van der Waals surface area contributed by atoms with Crippen molar-refractivity contribution in [1.82, 2.24) is 0 Å². The molecule has 37 heavy (non-hydrogen) atoms. The lowest BCUT2D eigenvalue weighted by molar-refractivity contribution is -0.384. The van der Waals surface area contributed by atoms with Gasteiger partial charge in [0.05, 0.1) is 15.1 Å². The van der Waals surface area contributed by atoms with Crippen LogP contribution in [-0.2, 0) is 16.1 Å². The van der Waals surface area contributed by atoms with Gasteiger partial charge in [-0.15, -0.1) is 0 Å². The minimum Gasteiger partial charge on any atom is -0.490 e. The van der Waals surface area contributed by atoms with Gasteiger partial charge in [-0.3, -0.25) is 10.1 Å². The summed E-state index contributed by atoms with van der Waals surface area (Å²) in [5.74, 6) is 1.22. The largest absolute Gasteiger partial charge is 0.490 e. The molecule has 0 N–H and O–H groups in total. The fraction of sp³-hybridized carbons (Fsp3) is 0.214. The zero-order valence-corrected chi connectivity index (χ0v) is 22.7. The Morgan fingerprint density at radius 2 is 1.78 bits per heavy atom. The number of esters is 1. The summed E-state index contributed by atoms with van der Waals surface area (Å²) in [5.41, 5.74) is 3.64. The second-order valence-corrected chi connectivity index (χ2v) is 9.75. The van der Waals surface area contributed by atoms with Gasteiger partial charge in [0.25, 0.3) is 5.69 Å². The molecule has 3 aromatic carbocycles. The summed E-state index contributed by atoms with van der Waals surface area (Å²) in [4.78, 5) is 27.4. The van der Waals surface area contributed by atoms with E-state index in [-0.39, 0.29) is 23.9 Å². The average molecular weight is 612 g/mol. The van der Waals surface area contributed by atoms with Crippen molar-refractivity contribution in [2.24, 2.45) is 4.99 Å². The number of rotatable bonds is 9. The number of nitro groups is 1. The number of cyclic esters (lactones) is 1. The standard InChI is InChI=1S/C28H25IN2O6/c1-4-35-25-15-19(13-23(29)26(25)36-16-18-5-11-22(12-6-18)31(33)34)14-24-28(32)37-27(30-24)21-9-7-20(8-10-21)17(2)3/h5-15,17H,4,16H2,1-3H3/b24-14-. The zero-order chi connectivity index (χ0) is 26.5. The first kappa shape index (κ1) is 26.3. The summed E-state index contributed by atoms with van der Waals surface area (Å²) in [7, 11) is 0. The van der Waals surface area contributed by atoms with Crippen LogP contribution in [-0.4, -0.2) is 23.4 Å². The molecule has 4 rings (SSSR count). The third-order valence-corrected chi connectivity index (χ3v) is 6.41. The summed E-state index contributed by atoms with van der Waals surface area (Å²) >= 11 is 2.15. The molecule has 1 aliphatic rings. The van der Waals surface area contributed by atoms with Crippen LogP contribution < -0.4 is 9.47 Å². The van der Waals surface area contributed by atoms with E-state index < -0.39 is 10.9 Å². The molecule has 0 radical (unpaired) electrons. The zero-order valence-electron chi connectivity index (χ0n) is 20.6. The SMILES string of the molecule is CCOc1cc(/C=C2\N=C(c3ccc(C(C)C)cc3)OC2=O)cc(I)c1OCc1ccc([N+](=O)[O-])cc1. The Bertz CT molecular complexity index is 1380. The maximum Gasteiger partial charge on any atom is 0.363 e. The van der Waals surface area contributed by atoms with Gasteiger partial charge in [-0.1, -0.05) is 26.0 Å². The molecule has 0 unspecified atom stereocenters. The molecular weight excluding hydrogens is 587 g/mol. The van der Waals surface area contributed by atoms with Crippen LogP contribution >= 0.6 is 22.6 Å². The van der Waals surface area contributed by atoms with Crippen molar-refractivity contribution >= 4 is 46.2 Å². The van der Waals surface area contributed by atoms with E-state index in [1.807, 2.05) is 37.3 Å². The van der Waals surface area contributed by atoms with Crippen LogP contribution in [0.25, 0.3) is 6.08 Å². The molecule has 0 saturated carbocycles. The number of ether oxygens (including phenoxy) is 3. The van der Waals surface area contributed by atoms with Crippen LogP contribution in [0.5, 0.6) is 11.5 Å². The van der Waals surface area contributed by atoms with Gasteiger partial charge < -0.3 is 14.2 Å². The molecule has 190 valence electrons. The number of carbonyl (C=O) groups is 1. The monoisotopic (exact) mass is 612 g/mol. The highest BCUT2D eigenvalue weighted by Crippen LogP contribution is 2.36. The van der Waals surface area contributed by atoms with E-state index in [4.69, 9.17) is 14.2 Å². The Balaban J connectivity index is 1.56. The van der Waals surface area contributed by atoms with Gasteiger partial charge in [0, 0.05) is 17.7 Å². The summed E-state index contributed by atoms with van der Waals surface area (Å²) in [6, 6.07) is 17.6. The summed E-state index contributed by atoms with van der Waals surface area (Å²) in [6.07, 6.45) is 1.66. The summed E-state index contributed by atoms with van der Waals surface area (Å²) in [6.45, 7) is 6.73. The van der Waals surface area contributed by atoms with Crippen LogP contribution in [0.3, 0.4) is 0 Å². The van der Waals surface area contributed by atoms with Crippen molar-refractivity contribution in [2.75, 3.05) is 6.61 Å². The van der Waals surface area contributed by atoms with E-state index in [0.717, 1.165) is 14.7 Å². The number of hydrogen-bond acceptors (Lipinski definition) is 7. The maximum atomic E-state index is 12.5. The molecule has 0 spiro atoms. The summed E-state index contributed by atoms with van der Waals surface area (Å²) < 4.78 is 18.0. The first-order valence-corrected chi connectivity index (χ1v) is 12.8. The van der Waals surface area contributed by atoms with E-state index in [2.05, 4.69) is 41.4 Å². The number of benzene rings is 3. The van der Waals surface area contributed by atoms with E-state index >= 15 is 0 Å². The first-order valence-electron chi connectivity index (χ1n) is 11.7. The molecule has 3 aromatic rings. The molecule has 0 aromatic heterocycles. The molecule has 0 amide bonds. The van der Waals surface area contributed by atoms with Crippen molar-refractivity contribution in [1.29, 1.82) is 0 Å². The molecule has 1 heterocycles. The smallest absolute Gasteiger partial charge is 0.363 e. The number of nitrogens with zero attached hydrogens (tertiary/aromatic N) is 2. The lowest BCUT2D eigenvalue weighted by atomic mass is 10.0. The quantitative estimate of drug-likeness (QED) is 0.0883. The van der Waals surface area contributed by atoms with Crippen molar-refractivity contribution in [3.63, 3.8) is 0 Å². The van der Waals surface area contributed by atoms with Gasteiger partial charge >= 0.3 is 5.97 Å². The fourth-order valence-corrected chi connectivity index (χ4v) is 4.43. The Kier molecular flexibility index (Phi) is 8.22. The first-order chi connectivity index (χ1) is 17.7. The van der Waals surface area contributed by atoms with Crippen LogP contribution in [0.15, 0.2) is 71.4 Å². The highest BCUT2D eigenvalue weighted by molar-refractivity contribution is 14.1. The Labute approximate surface area is 228 Å². The topological polar surface area (TPSA) is 100 Å². The highest BCUT2D eigenvalue weighted by atomic mass is 127. The molecule has 8 nitrogen and oxygen atoms in total. The number of hydrogen-bond donors (Lipinski definition) is 0. The maximum absolute atomic E-state index is 12.5. The fourth-order valence-electron chi connectivity index (χ4n) is 3.64. The molecule has 0 bridgehead atoms. The number of nitro benzene ring substituents is 1. The van der Waals surface area contributed by atoms with Gasteiger partial charge in [-0.2, -0.15) is 0 Å². The highest BCUT2D eigenvalue weighted by Gasteiger charge is 2.24. The molecule has 0 fully saturated rings. The molecule has 0 saturated heterocycles. The van der Waals surface area contributed by atoms with Gasteiger partial charge in [0.15, 0.2) is 17.2 Å². The van der Waals surface area contributed by atoms with Gasteiger partial charge in [0.2, 0.25) is 5.90 Å². The third-order valence-electron chi connectivity index (χ3n) is 5.61. The van der Waals surface area contributed by atoms with Crippen molar-refractivity contribution in [3.8, 4) is 11.5 Å². The minimum absolute atomic E-state index is 0.0227. The predicted molar refractivity (Wildman–Crippen MR) is 149 cm³/mol. The Morgan fingerprint density at radius 3 is 2.41 bits per heavy atom. The van der Waals surface area contributed by atoms with Gasteiger partial charge in [-0.25, -0.2) is 9.79 Å². The molecular formula is C28H25IN2O6. The van der Waals surface area contributed by atoms with E-state index in [9.17, 15) is 14.9 Å². The Hall–Kier alpha value is -3.73. The molecule has 1 aliphatic heterocycles. The van der Waals surface area contributed by atoms with Crippen molar-refractivity contribution < 1.29 is 23.9 Å². The van der Waals surface area contributed by atoms with E-state index in [1.54, 1.807) is 24.3 Å². The lowest BCUT2D eigenvalue weighted by Crippen LogP contribution is -2.05. The van der Waals surface area contributed by atoms with Crippen LogP contribution in [0.2, 0.25) is 0 Å². The van der Waals surface area contributed by atoms with Crippen LogP contribution in [0.4, 0.5) is 5.69 Å². The van der Waals surface area contributed by atoms with Gasteiger partial charge in [0.1, 0.15) is 6.61 Å². The predicted octanol–water partition coefficient (Wildman–Crippen LogP) is 6.65. The number of aliphatic imine (C=N–C) groups is 1. The molecule has 0 aliphatic carbocycles. The minimum atomic E-state index is -0.519. The normalized spacial score (nSPS) is 14.0. The Morgan fingerprint density at radius 1 is 1.08 bits per heavy atom. The van der Waals surface area contributed by atoms with Crippen LogP contribution in [0.1, 0.15) is 48.9 Å². The number of halogens is 1. The molecule has 9 heteroatoms. The number of carbonyl (C=O) groups excluding carboxylic acids is 1. The van der Waals surface area contributed by atoms with Crippen LogP contribution in [0, 0.1) is 13.7 Å². The van der Waals surface area contributed by atoms with Crippen molar-refractivity contribution in [3.05, 3.63) is 102 Å². The summed E-state index contributed by atoms with van der Waals surface area (Å²) in [5, 5.41) is 10.9. The number of non-ortho nitro benzene ring substituents is 1. The van der Waals surface area contributed by atoms with Gasteiger partial charge in [-0.05, 0) is 94.6 Å².